The highest BCUT2D eigenvalue weighted by molar-refractivity contribution is 6.36. The molecule has 0 bridgehead atoms. The first kappa shape index (κ1) is 14.0. The Labute approximate surface area is 125 Å². The summed E-state index contributed by atoms with van der Waals surface area (Å²) in [5.41, 5.74) is 2.23. The molecule has 1 fully saturated rings. The fourth-order valence-corrected chi connectivity index (χ4v) is 3.63. The van der Waals surface area contributed by atoms with Crippen LogP contribution in [-0.4, -0.2) is 11.0 Å². The summed E-state index contributed by atoms with van der Waals surface area (Å²) >= 11 is 6.46. The van der Waals surface area contributed by atoms with E-state index in [4.69, 9.17) is 11.6 Å². The highest BCUT2D eigenvalue weighted by Gasteiger charge is 2.20. The van der Waals surface area contributed by atoms with Crippen LogP contribution in [0.1, 0.15) is 44.7 Å². The Morgan fingerprint density at radius 1 is 1.25 bits per heavy atom. The van der Waals surface area contributed by atoms with Gasteiger partial charge in [-0.3, -0.25) is 0 Å². The molecule has 2 aromatic rings. The molecule has 1 saturated carbocycles. The highest BCUT2D eigenvalue weighted by atomic mass is 35.5. The zero-order valence-corrected chi connectivity index (χ0v) is 12.8. The largest absolute Gasteiger partial charge is 0.356 e. The second-order valence-corrected chi connectivity index (χ2v) is 6.41. The second kappa shape index (κ2) is 6.19. The molecule has 1 heterocycles. The number of H-pyrrole nitrogens is 1. The van der Waals surface area contributed by atoms with Crippen molar-refractivity contribution < 1.29 is 0 Å². The molecular formula is C17H23ClN2. The van der Waals surface area contributed by atoms with E-state index in [9.17, 15) is 0 Å². The van der Waals surface area contributed by atoms with Gasteiger partial charge in [-0.15, -0.1) is 0 Å². The van der Waals surface area contributed by atoms with Crippen molar-refractivity contribution in [3.8, 4) is 0 Å². The summed E-state index contributed by atoms with van der Waals surface area (Å²) in [6, 6.07) is 8.79. The van der Waals surface area contributed by atoms with Crippen LogP contribution in [0.15, 0.2) is 24.3 Å². The Hall–Kier alpha value is -0.990. The van der Waals surface area contributed by atoms with Crippen LogP contribution in [0.25, 0.3) is 10.9 Å². The van der Waals surface area contributed by atoms with Crippen molar-refractivity contribution in [2.75, 3.05) is 0 Å². The van der Waals surface area contributed by atoms with Gasteiger partial charge in [0.25, 0.3) is 0 Å². The van der Waals surface area contributed by atoms with Gasteiger partial charge in [-0.2, -0.15) is 0 Å². The van der Waals surface area contributed by atoms with E-state index >= 15 is 0 Å². The topological polar surface area (TPSA) is 27.8 Å². The fraction of sp³-hybridized carbons (Fsp3) is 0.529. The maximum atomic E-state index is 6.46. The predicted molar refractivity (Wildman–Crippen MR) is 86.2 cm³/mol. The molecule has 0 unspecified atom stereocenters. The fourth-order valence-electron chi connectivity index (χ4n) is 3.35. The molecule has 3 rings (SSSR count). The number of rotatable bonds is 4. The Bertz CT molecular complexity index is 569. The molecule has 2 nitrogen and oxygen atoms in total. The molecule has 2 N–H and O–H groups in total. The lowest BCUT2D eigenvalue weighted by molar-refractivity contribution is 0.280. The maximum Gasteiger partial charge on any atom is 0.0705 e. The van der Waals surface area contributed by atoms with Crippen molar-refractivity contribution in [1.29, 1.82) is 0 Å². The number of hydrogen-bond donors (Lipinski definition) is 2. The summed E-state index contributed by atoms with van der Waals surface area (Å²) in [4.78, 5) is 3.43. The molecule has 20 heavy (non-hydrogen) atoms. The SMILES string of the molecule is C[C@H](NCc1[nH]c2ccccc2c1Cl)C1CCCCC1. The van der Waals surface area contributed by atoms with E-state index in [-0.39, 0.29) is 0 Å². The van der Waals surface area contributed by atoms with E-state index in [0.29, 0.717) is 6.04 Å². The molecule has 0 radical (unpaired) electrons. The van der Waals surface area contributed by atoms with E-state index in [0.717, 1.165) is 34.1 Å². The molecule has 1 atom stereocenters. The van der Waals surface area contributed by atoms with Gasteiger partial charge in [-0.25, -0.2) is 0 Å². The molecule has 1 aromatic carbocycles. The van der Waals surface area contributed by atoms with Gasteiger partial charge in [0.2, 0.25) is 0 Å². The lowest BCUT2D eigenvalue weighted by Gasteiger charge is -2.28. The minimum Gasteiger partial charge on any atom is -0.356 e. The van der Waals surface area contributed by atoms with Crippen LogP contribution in [0.2, 0.25) is 5.02 Å². The number of benzene rings is 1. The van der Waals surface area contributed by atoms with E-state index in [1.807, 2.05) is 12.1 Å². The van der Waals surface area contributed by atoms with Crippen molar-refractivity contribution >= 4 is 22.5 Å². The summed E-state index contributed by atoms with van der Waals surface area (Å²) in [6.45, 7) is 3.14. The lowest BCUT2D eigenvalue weighted by Crippen LogP contribution is -2.34. The van der Waals surface area contributed by atoms with E-state index in [2.05, 4.69) is 29.4 Å². The minimum absolute atomic E-state index is 0.567. The van der Waals surface area contributed by atoms with Crippen LogP contribution in [0.5, 0.6) is 0 Å². The predicted octanol–water partition coefficient (Wildman–Crippen LogP) is 4.88. The smallest absolute Gasteiger partial charge is 0.0705 e. The van der Waals surface area contributed by atoms with Crippen LogP contribution in [0.3, 0.4) is 0 Å². The average Bonchev–Trinajstić information content (AvgIpc) is 2.83. The van der Waals surface area contributed by atoms with E-state index < -0.39 is 0 Å². The van der Waals surface area contributed by atoms with Gasteiger partial charge in [0.05, 0.1) is 5.02 Å². The number of hydrogen-bond acceptors (Lipinski definition) is 1. The third-order valence-corrected chi connectivity index (χ3v) is 5.10. The molecule has 0 saturated heterocycles. The number of aromatic nitrogens is 1. The molecule has 1 aliphatic carbocycles. The summed E-state index contributed by atoms with van der Waals surface area (Å²) < 4.78 is 0. The summed E-state index contributed by atoms with van der Waals surface area (Å²) in [5, 5.41) is 5.64. The van der Waals surface area contributed by atoms with Gasteiger partial charge >= 0.3 is 0 Å². The lowest BCUT2D eigenvalue weighted by atomic mass is 9.84. The van der Waals surface area contributed by atoms with E-state index in [1.165, 1.54) is 32.1 Å². The van der Waals surface area contributed by atoms with Gasteiger partial charge in [0.1, 0.15) is 0 Å². The summed E-state index contributed by atoms with van der Waals surface area (Å²) in [7, 11) is 0. The van der Waals surface area contributed by atoms with Crippen molar-refractivity contribution in [2.24, 2.45) is 5.92 Å². The van der Waals surface area contributed by atoms with E-state index in [1.54, 1.807) is 0 Å². The van der Waals surface area contributed by atoms with Gasteiger partial charge in [0.15, 0.2) is 0 Å². The highest BCUT2D eigenvalue weighted by Crippen LogP contribution is 2.29. The van der Waals surface area contributed by atoms with Gasteiger partial charge in [0, 0.05) is 29.2 Å². The maximum absolute atomic E-state index is 6.46. The van der Waals surface area contributed by atoms with Crippen molar-refractivity contribution in [3.63, 3.8) is 0 Å². The molecular weight excluding hydrogens is 268 g/mol. The van der Waals surface area contributed by atoms with Crippen molar-refractivity contribution in [3.05, 3.63) is 35.0 Å². The second-order valence-electron chi connectivity index (χ2n) is 6.03. The van der Waals surface area contributed by atoms with Crippen LogP contribution >= 0.6 is 11.6 Å². The van der Waals surface area contributed by atoms with Gasteiger partial charge in [-0.1, -0.05) is 49.1 Å². The van der Waals surface area contributed by atoms with Gasteiger partial charge in [-0.05, 0) is 31.7 Å². The number of nitrogens with one attached hydrogen (secondary N) is 2. The first-order chi connectivity index (χ1) is 9.75. The number of aromatic amines is 1. The third-order valence-electron chi connectivity index (χ3n) is 4.67. The first-order valence-electron chi connectivity index (χ1n) is 7.74. The number of fused-ring (bicyclic) bond motifs is 1. The molecule has 0 spiro atoms. The number of para-hydroxylation sites is 1. The van der Waals surface area contributed by atoms with Crippen molar-refractivity contribution in [1.82, 2.24) is 10.3 Å². The molecule has 1 aliphatic rings. The quantitative estimate of drug-likeness (QED) is 0.825. The van der Waals surface area contributed by atoms with Crippen LogP contribution < -0.4 is 5.32 Å². The molecule has 0 amide bonds. The summed E-state index contributed by atoms with van der Waals surface area (Å²) in [6.07, 6.45) is 6.94. The van der Waals surface area contributed by atoms with Gasteiger partial charge < -0.3 is 10.3 Å². The van der Waals surface area contributed by atoms with Crippen LogP contribution in [0, 0.1) is 5.92 Å². The molecule has 0 aliphatic heterocycles. The molecule has 108 valence electrons. The Morgan fingerprint density at radius 3 is 2.75 bits per heavy atom. The standard InChI is InChI=1S/C17H23ClN2/c1-12(13-7-3-2-4-8-13)19-11-16-17(18)14-9-5-6-10-15(14)20-16/h5-6,9-10,12-13,19-20H,2-4,7-8,11H2,1H3/t12-/m0/s1. The summed E-state index contributed by atoms with van der Waals surface area (Å²) in [5.74, 6) is 0.826. The van der Waals surface area contributed by atoms with Crippen molar-refractivity contribution in [2.45, 2.75) is 51.6 Å². The third kappa shape index (κ3) is 2.87. The monoisotopic (exact) mass is 290 g/mol. The zero-order valence-electron chi connectivity index (χ0n) is 12.1. The first-order valence-corrected chi connectivity index (χ1v) is 8.12. The molecule has 3 heteroatoms. The zero-order chi connectivity index (χ0) is 13.9. The Morgan fingerprint density at radius 2 is 2.00 bits per heavy atom. The minimum atomic E-state index is 0.567. The van der Waals surface area contributed by atoms with Crippen LogP contribution in [-0.2, 0) is 6.54 Å². The average molecular weight is 291 g/mol. The van der Waals surface area contributed by atoms with Crippen LogP contribution in [0.4, 0.5) is 0 Å². The normalized spacial score (nSPS) is 18.5. The molecule has 1 aromatic heterocycles. The number of halogens is 1. The Balaban J connectivity index is 1.65. The Kier molecular flexibility index (Phi) is 4.32.